The molecular weight excluding hydrogens is 190 g/mol. The lowest BCUT2D eigenvalue weighted by Crippen LogP contribution is -2.15. The smallest absolute Gasteiger partial charge is 0.0786 e. The minimum Gasteiger partial charge on any atom is -0.305 e. The van der Waals surface area contributed by atoms with Gasteiger partial charge in [0.2, 0.25) is 0 Å². The fourth-order valence-corrected chi connectivity index (χ4v) is 2.17. The minimum absolute atomic E-state index is 0.620. The van der Waals surface area contributed by atoms with Crippen LogP contribution >= 0.6 is 0 Å². The van der Waals surface area contributed by atoms with E-state index in [1.807, 2.05) is 0 Å². The molecule has 0 spiro atoms. The van der Waals surface area contributed by atoms with E-state index in [2.05, 4.69) is 27.5 Å². The first kappa shape index (κ1) is 10.6. The molecule has 0 atom stereocenters. The van der Waals surface area contributed by atoms with Crippen LogP contribution in [0.4, 0.5) is 0 Å². The zero-order chi connectivity index (χ0) is 10.5. The van der Waals surface area contributed by atoms with Crippen molar-refractivity contribution in [3.63, 3.8) is 0 Å². The number of nitrogens with zero attached hydrogens (tertiary/aromatic N) is 2. The molecular formula is C11H19N3O. The van der Waals surface area contributed by atoms with Crippen LogP contribution in [0.1, 0.15) is 43.8 Å². The third kappa shape index (κ3) is 2.79. The molecule has 1 aromatic heterocycles. The lowest BCUT2D eigenvalue weighted by molar-refractivity contribution is 0.0856. The van der Waals surface area contributed by atoms with E-state index in [9.17, 15) is 0 Å². The minimum atomic E-state index is 0.620. The summed E-state index contributed by atoms with van der Waals surface area (Å²) in [7, 11) is 1.62. The van der Waals surface area contributed by atoms with Crippen molar-refractivity contribution in [2.24, 2.45) is 0 Å². The van der Waals surface area contributed by atoms with E-state index in [-0.39, 0.29) is 0 Å². The molecule has 0 radical (unpaired) electrons. The molecule has 4 heteroatoms. The molecule has 1 N–H and O–H groups in total. The number of hydrogen-bond donors (Lipinski definition) is 1. The summed E-state index contributed by atoms with van der Waals surface area (Å²) in [6, 6.07) is 2.68. The van der Waals surface area contributed by atoms with E-state index in [0.29, 0.717) is 12.6 Å². The standard InChI is InChI=1S/C11H19N3O/c1-15-12-9-10-7-8-14(13-10)11-5-3-2-4-6-11/h7-8,11-12H,2-6,9H2,1H3. The zero-order valence-corrected chi connectivity index (χ0v) is 9.28. The summed E-state index contributed by atoms with van der Waals surface area (Å²) in [5.41, 5.74) is 3.85. The first-order valence-corrected chi connectivity index (χ1v) is 5.70. The average Bonchev–Trinajstić information content (AvgIpc) is 2.76. The first-order valence-electron chi connectivity index (χ1n) is 5.70. The van der Waals surface area contributed by atoms with Gasteiger partial charge in [0.15, 0.2) is 0 Å². The fraction of sp³-hybridized carbons (Fsp3) is 0.727. The van der Waals surface area contributed by atoms with Crippen molar-refractivity contribution in [3.05, 3.63) is 18.0 Å². The Labute approximate surface area is 90.6 Å². The van der Waals surface area contributed by atoms with Crippen LogP contribution in [0.2, 0.25) is 0 Å². The maximum Gasteiger partial charge on any atom is 0.0786 e. The molecule has 0 aliphatic heterocycles. The molecule has 1 aliphatic rings. The number of hydroxylamine groups is 1. The monoisotopic (exact) mass is 209 g/mol. The van der Waals surface area contributed by atoms with Gasteiger partial charge < -0.3 is 4.84 Å². The van der Waals surface area contributed by atoms with Gasteiger partial charge in [0.25, 0.3) is 0 Å². The lowest BCUT2D eigenvalue weighted by Gasteiger charge is -2.21. The molecule has 1 aromatic rings. The van der Waals surface area contributed by atoms with E-state index >= 15 is 0 Å². The Morgan fingerprint density at radius 1 is 1.47 bits per heavy atom. The van der Waals surface area contributed by atoms with E-state index in [4.69, 9.17) is 4.84 Å². The van der Waals surface area contributed by atoms with Crippen molar-refractivity contribution < 1.29 is 4.84 Å². The maximum atomic E-state index is 4.80. The van der Waals surface area contributed by atoms with E-state index in [0.717, 1.165) is 5.69 Å². The molecule has 0 bridgehead atoms. The van der Waals surface area contributed by atoms with Crippen molar-refractivity contribution >= 4 is 0 Å². The van der Waals surface area contributed by atoms with Gasteiger partial charge in [-0.1, -0.05) is 19.3 Å². The van der Waals surface area contributed by atoms with Gasteiger partial charge in [-0.2, -0.15) is 10.6 Å². The topological polar surface area (TPSA) is 39.1 Å². The summed E-state index contributed by atoms with van der Waals surface area (Å²) in [5.74, 6) is 0. The lowest BCUT2D eigenvalue weighted by atomic mass is 9.96. The van der Waals surface area contributed by atoms with Gasteiger partial charge in [-0.3, -0.25) is 4.68 Å². The van der Waals surface area contributed by atoms with Crippen LogP contribution in [0.3, 0.4) is 0 Å². The van der Waals surface area contributed by atoms with Crippen LogP contribution in [-0.2, 0) is 11.4 Å². The van der Waals surface area contributed by atoms with Crippen LogP contribution in [0.5, 0.6) is 0 Å². The Kier molecular flexibility index (Phi) is 3.75. The Morgan fingerprint density at radius 3 is 3.00 bits per heavy atom. The van der Waals surface area contributed by atoms with Crippen LogP contribution in [0.25, 0.3) is 0 Å². The van der Waals surface area contributed by atoms with Gasteiger partial charge in [0.05, 0.1) is 25.4 Å². The van der Waals surface area contributed by atoms with Gasteiger partial charge in [-0.25, -0.2) is 0 Å². The summed E-state index contributed by atoms with van der Waals surface area (Å²) < 4.78 is 2.12. The van der Waals surface area contributed by atoms with Gasteiger partial charge in [0, 0.05) is 6.20 Å². The largest absolute Gasteiger partial charge is 0.305 e. The molecule has 0 amide bonds. The predicted octanol–water partition coefficient (Wildman–Crippen LogP) is 2.04. The molecule has 1 fully saturated rings. The van der Waals surface area contributed by atoms with Crippen molar-refractivity contribution in [1.82, 2.24) is 15.3 Å². The molecule has 1 aliphatic carbocycles. The zero-order valence-electron chi connectivity index (χ0n) is 9.28. The molecule has 1 saturated carbocycles. The van der Waals surface area contributed by atoms with E-state index in [1.165, 1.54) is 32.1 Å². The first-order chi connectivity index (χ1) is 7.40. The summed E-state index contributed by atoms with van der Waals surface area (Å²) in [6.07, 6.45) is 8.71. The van der Waals surface area contributed by atoms with Crippen LogP contribution in [0.15, 0.2) is 12.3 Å². The van der Waals surface area contributed by atoms with Crippen LogP contribution in [0, 0.1) is 0 Å². The Hall–Kier alpha value is -0.870. The number of nitrogens with one attached hydrogen (secondary N) is 1. The van der Waals surface area contributed by atoms with E-state index in [1.54, 1.807) is 7.11 Å². The Morgan fingerprint density at radius 2 is 2.27 bits per heavy atom. The Bertz CT molecular complexity index is 292. The summed E-state index contributed by atoms with van der Waals surface area (Å²) in [4.78, 5) is 4.80. The molecule has 84 valence electrons. The second kappa shape index (κ2) is 5.28. The highest BCUT2D eigenvalue weighted by Gasteiger charge is 2.15. The highest BCUT2D eigenvalue weighted by molar-refractivity contribution is 4.99. The molecule has 0 saturated heterocycles. The van der Waals surface area contributed by atoms with Gasteiger partial charge in [0.1, 0.15) is 0 Å². The van der Waals surface area contributed by atoms with Crippen molar-refractivity contribution in [2.75, 3.05) is 7.11 Å². The number of hydrogen-bond acceptors (Lipinski definition) is 3. The average molecular weight is 209 g/mol. The van der Waals surface area contributed by atoms with Crippen molar-refractivity contribution in [3.8, 4) is 0 Å². The number of rotatable bonds is 4. The summed E-state index contributed by atoms with van der Waals surface area (Å²) in [5, 5.41) is 4.55. The molecule has 1 heterocycles. The summed E-state index contributed by atoms with van der Waals surface area (Å²) in [6.45, 7) is 0.677. The Balaban J connectivity index is 1.93. The maximum absolute atomic E-state index is 4.80. The number of aromatic nitrogens is 2. The fourth-order valence-electron chi connectivity index (χ4n) is 2.17. The molecule has 2 rings (SSSR count). The van der Waals surface area contributed by atoms with Gasteiger partial charge in [-0.05, 0) is 18.9 Å². The quantitative estimate of drug-likeness (QED) is 0.771. The SMILES string of the molecule is CONCc1ccn(C2CCCCC2)n1. The normalized spacial score (nSPS) is 18.2. The third-order valence-corrected chi connectivity index (χ3v) is 3.01. The van der Waals surface area contributed by atoms with Crippen LogP contribution in [-0.4, -0.2) is 16.9 Å². The van der Waals surface area contributed by atoms with Gasteiger partial charge in [-0.15, -0.1) is 0 Å². The predicted molar refractivity (Wildman–Crippen MR) is 58.2 cm³/mol. The van der Waals surface area contributed by atoms with E-state index < -0.39 is 0 Å². The highest BCUT2D eigenvalue weighted by Crippen LogP contribution is 2.27. The third-order valence-electron chi connectivity index (χ3n) is 3.01. The summed E-state index contributed by atoms with van der Waals surface area (Å²) >= 11 is 0. The highest BCUT2D eigenvalue weighted by atomic mass is 16.6. The van der Waals surface area contributed by atoms with Crippen molar-refractivity contribution in [1.29, 1.82) is 0 Å². The second-order valence-electron chi connectivity index (χ2n) is 4.10. The van der Waals surface area contributed by atoms with Crippen LogP contribution < -0.4 is 5.48 Å². The molecule has 0 unspecified atom stereocenters. The van der Waals surface area contributed by atoms with Gasteiger partial charge >= 0.3 is 0 Å². The van der Waals surface area contributed by atoms with Crippen molar-refractivity contribution in [2.45, 2.75) is 44.7 Å². The second-order valence-corrected chi connectivity index (χ2v) is 4.10. The molecule has 4 nitrogen and oxygen atoms in total. The molecule has 0 aromatic carbocycles. The molecule has 15 heavy (non-hydrogen) atoms.